The molecule has 1 atom stereocenters. The van der Waals surface area contributed by atoms with Gasteiger partial charge < -0.3 is 5.73 Å². The van der Waals surface area contributed by atoms with E-state index in [2.05, 4.69) is 23.8 Å². The lowest BCUT2D eigenvalue weighted by molar-refractivity contribution is 0.835. The molecule has 3 heteroatoms. The van der Waals surface area contributed by atoms with Crippen LogP contribution in [0.25, 0.3) is 0 Å². The van der Waals surface area contributed by atoms with Crippen LogP contribution in [-0.2, 0) is 0 Å². The van der Waals surface area contributed by atoms with E-state index in [9.17, 15) is 0 Å². The first-order valence-corrected chi connectivity index (χ1v) is 6.29. The zero-order valence-electron chi connectivity index (χ0n) is 7.32. The number of thioether (sulfide) groups is 1. The van der Waals surface area contributed by atoms with Crippen molar-refractivity contribution in [2.75, 3.05) is 11.5 Å². The molecule has 0 radical (unpaired) electrons. The highest BCUT2D eigenvalue weighted by atomic mass is 32.2. The van der Waals surface area contributed by atoms with Gasteiger partial charge in [-0.05, 0) is 34.6 Å². The van der Waals surface area contributed by atoms with Crippen LogP contribution in [0.15, 0.2) is 16.8 Å². The highest BCUT2D eigenvalue weighted by Gasteiger charge is 2.04. The maximum atomic E-state index is 5.97. The summed E-state index contributed by atoms with van der Waals surface area (Å²) in [5, 5.41) is 4.22. The largest absolute Gasteiger partial charge is 0.323 e. The zero-order chi connectivity index (χ0) is 8.81. The summed E-state index contributed by atoms with van der Waals surface area (Å²) in [5.74, 6) is 2.27. The molecule has 0 aromatic carbocycles. The van der Waals surface area contributed by atoms with E-state index in [1.165, 1.54) is 17.7 Å². The van der Waals surface area contributed by atoms with Gasteiger partial charge in [0, 0.05) is 11.8 Å². The molecule has 1 aromatic rings. The maximum Gasteiger partial charge on any atom is 0.0395 e. The van der Waals surface area contributed by atoms with Crippen molar-refractivity contribution in [1.82, 2.24) is 0 Å². The number of thiophene rings is 1. The number of hydrogen-bond donors (Lipinski definition) is 1. The van der Waals surface area contributed by atoms with Gasteiger partial charge in [0.2, 0.25) is 0 Å². The van der Waals surface area contributed by atoms with E-state index < -0.39 is 0 Å². The first-order valence-electron chi connectivity index (χ1n) is 4.20. The molecule has 0 spiro atoms. The summed E-state index contributed by atoms with van der Waals surface area (Å²) >= 11 is 3.66. The molecule has 1 unspecified atom stereocenters. The van der Waals surface area contributed by atoms with Crippen LogP contribution in [0.2, 0.25) is 0 Å². The van der Waals surface area contributed by atoms with E-state index in [-0.39, 0.29) is 6.04 Å². The van der Waals surface area contributed by atoms with Crippen LogP contribution >= 0.6 is 23.1 Å². The van der Waals surface area contributed by atoms with Crippen molar-refractivity contribution in [3.63, 3.8) is 0 Å². The smallest absolute Gasteiger partial charge is 0.0395 e. The van der Waals surface area contributed by atoms with E-state index in [4.69, 9.17) is 5.73 Å². The van der Waals surface area contributed by atoms with E-state index >= 15 is 0 Å². The lowest BCUT2D eigenvalue weighted by Gasteiger charge is -2.08. The average molecular weight is 201 g/mol. The van der Waals surface area contributed by atoms with Gasteiger partial charge in [0.05, 0.1) is 0 Å². The van der Waals surface area contributed by atoms with Gasteiger partial charge in [0.25, 0.3) is 0 Å². The Labute approximate surface area is 82.4 Å². The quantitative estimate of drug-likeness (QED) is 0.741. The standard InChI is InChI=1S/C9H15NS2/c1-2-4-11-7-9(10)8-3-5-12-6-8/h3,5-6,9H,2,4,7,10H2,1H3. The van der Waals surface area contributed by atoms with Gasteiger partial charge in [0.15, 0.2) is 0 Å². The topological polar surface area (TPSA) is 26.0 Å². The number of rotatable bonds is 5. The molecule has 1 aromatic heterocycles. The van der Waals surface area contributed by atoms with Crippen LogP contribution in [0.1, 0.15) is 24.9 Å². The van der Waals surface area contributed by atoms with Crippen molar-refractivity contribution in [2.45, 2.75) is 19.4 Å². The maximum absolute atomic E-state index is 5.97. The van der Waals surface area contributed by atoms with Crippen LogP contribution in [0.4, 0.5) is 0 Å². The highest BCUT2D eigenvalue weighted by Crippen LogP contribution is 2.18. The molecule has 0 aliphatic heterocycles. The molecule has 0 fully saturated rings. The Kier molecular flexibility index (Phi) is 4.73. The van der Waals surface area contributed by atoms with Gasteiger partial charge in [0.1, 0.15) is 0 Å². The minimum atomic E-state index is 0.229. The molecular formula is C9H15NS2. The predicted molar refractivity (Wildman–Crippen MR) is 58.9 cm³/mol. The Morgan fingerprint density at radius 3 is 3.08 bits per heavy atom. The second kappa shape index (κ2) is 5.62. The molecule has 0 saturated carbocycles. The van der Waals surface area contributed by atoms with Gasteiger partial charge >= 0.3 is 0 Å². The van der Waals surface area contributed by atoms with Crippen molar-refractivity contribution >= 4 is 23.1 Å². The van der Waals surface area contributed by atoms with Crippen molar-refractivity contribution in [3.05, 3.63) is 22.4 Å². The van der Waals surface area contributed by atoms with Crippen molar-refractivity contribution in [3.8, 4) is 0 Å². The van der Waals surface area contributed by atoms with Gasteiger partial charge in [-0.25, -0.2) is 0 Å². The lowest BCUT2D eigenvalue weighted by Crippen LogP contribution is -2.12. The zero-order valence-corrected chi connectivity index (χ0v) is 8.96. The molecule has 1 rings (SSSR count). The van der Waals surface area contributed by atoms with Crippen LogP contribution in [0.5, 0.6) is 0 Å². The fourth-order valence-corrected chi connectivity index (χ4v) is 2.56. The molecule has 0 aliphatic carbocycles. The first kappa shape index (κ1) is 10.1. The molecule has 1 heterocycles. The fraction of sp³-hybridized carbons (Fsp3) is 0.556. The third-order valence-electron chi connectivity index (χ3n) is 1.62. The third-order valence-corrected chi connectivity index (χ3v) is 3.61. The van der Waals surface area contributed by atoms with Gasteiger partial charge in [-0.1, -0.05) is 6.92 Å². The number of nitrogens with two attached hydrogens (primary N) is 1. The van der Waals surface area contributed by atoms with Gasteiger partial charge in [-0.15, -0.1) is 0 Å². The number of hydrogen-bond acceptors (Lipinski definition) is 3. The second-order valence-electron chi connectivity index (χ2n) is 2.74. The summed E-state index contributed by atoms with van der Waals surface area (Å²) < 4.78 is 0. The average Bonchev–Trinajstić information content (AvgIpc) is 2.56. The molecule has 0 bridgehead atoms. The molecule has 0 aliphatic rings. The van der Waals surface area contributed by atoms with E-state index in [1.54, 1.807) is 11.3 Å². The lowest BCUT2D eigenvalue weighted by atomic mass is 10.2. The van der Waals surface area contributed by atoms with Crippen LogP contribution in [-0.4, -0.2) is 11.5 Å². The first-order chi connectivity index (χ1) is 5.84. The highest BCUT2D eigenvalue weighted by molar-refractivity contribution is 7.99. The summed E-state index contributed by atoms with van der Waals surface area (Å²) in [6.45, 7) is 2.20. The van der Waals surface area contributed by atoms with Crippen LogP contribution in [0, 0.1) is 0 Å². The van der Waals surface area contributed by atoms with Crippen molar-refractivity contribution < 1.29 is 0 Å². The van der Waals surface area contributed by atoms with Crippen LogP contribution < -0.4 is 5.73 Å². The van der Waals surface area contributed by atoms with Crippen molar-refractivity contribution in [1.29, 1.82) is 0 Å². The second-order valence-corrected chi connectivity index (χ2v) is 4.67. The summed E-state index contributed by atoms with van der Waals surface area (Å²) in [6, 6.07) is 2.34. The van der Waals surface area contributed by atoms with Gasteiger partial charge in [-0.2, -0.15) is 23.1 Å². The molecule has 12 heavy (non-hydrogen) atoms. The summed E-state index contributed by atoms with van der Waals surface area (Å²) in [5.41, 5.74) is 7.25. The Hall–Kier alpha value is 0.01000. The van der Waals surface area contributed by atoms with E-state index in [0.717, 1.165) is 5.75 Å². The Bertz CT molecular complexity index is 196. The summed E-state index contributed by atoms with van der Waals surface area (Å²) in [7, 11) is 0. The normalized spacial score (nSPS) is 13.2. The van der Waals surface area contributed by atoms with E-state index in [0.29, 0.717) is 0 Å². The minimum absolute atomic E-state index is 0.229. The van der Waals surface area contributed by atoms with Gasteiger partial charge in [-0.3, -0.25) is 0 Å². The molecule has 0 saturated heterocycles. The molecule has 68 valence electrons. The Balaban J connectivity index is 2.25. The summed E-state index contributed by atoms with van der Waals surface area (Å²) in [6.07, 6.45) is 1.24. The summed E-state index contributed by atoms with van der Waals surface area (Å²) in [4.78, 5) is 0. The molecular weight excluding hydrogens is 186 g/mol. The third kappa shape index (κ3) is 3.17. The minimum Gasteiger partial charge on any atom is -0.323 e. The fourth-order valence-electron chi connectivity index (χ4n) is 0.937. The SMILES string of the molecule is CCCSCC(N)c1ccsc1. The van der Waals surface area contributed by atoms with Crippen molar-refractivity contribution in [2.24, 2.45) is 5.73 Å². The monoisotopic (exact) mass is 201 g/mol. The Morgan fingerprint density at radius 2 is 2.50 bits per heavy atom. The Morgan fingerprint density at radius 1 is 1.67 bits per heavy atom. The predicted octanol–water partition coefficient (Wildman–Crippen LogP) is 2.89. The molecule has 2 N–H and O–H groups in total. The van der Waals surface area contributed by atoms with E-state index in [1.807, 2.05) is 11.8 Å². The van der Waals surface area contributed by atoms with Crippen LogP contribution in [0.3, 0.4) is 0 Å². The molecule has 0 amide bonds. The molecule has 1 nitrogen and oxygen atoms in total.